The van der Waals surface area contributed by atoms with E-state index in [9.17, 15) is 8.42 Å². The molecule has 0 aliphatic heterocycles. The summed E-state index contributed by atoms with van der Waals surface area (Å²) in [5, 5.41) is 0. The maximum absolute atomic E-state index is 12.3. The number of sulfonamides is 1. The van der Waals surface area contributed by atoms with Gasteiger partial charge >= 0.3 is 0 Å². The molecule has 102 valence electrons. The Morgan fingerprint density at radius 3 is 2.50 bits per heavy atom. The fraction of sp³-hybridized carbons (Fsp3) is 0.538. The third-order valence-electron chi connectivity index (χ3n) is 2.95. The van der Waals surface area contributed by atoms with Crippen molar-refractivity contribution in [3.05, 3.63) is 29.3 Å². The molecule has 0 radical (unpaired) electrons. The second kappa shape index (κ2) is 6.31. The van der Waals surface area contributed by atoms with Gasteiger partial charge < -0.3 is 5.73 Å². The van der Waals surface area contributed by atoms with E-state index < -0.39 is 10.0 Å². The first kappa shape index (κ1) is 15.1. The molecule has 0 bridgehead atoms. The van der Waals surface area contributed by atoms with Gasteiger partial charge in [0.15, 0.2) is 0 Å². The normalized spacial score (nSPS) is 13.6. The number of hydrogen-bond acceptors (Lipinski definition) is 3. The van der Waals surface area contributed by atoms with Crippen molar-refractivity contribution in [3.8, 4) is 0 Å². The Bertz CT molecular complexity index is 498. The summed E-state index contributed by atoms with van der Waals surface area (Å²) in [7, 11) is -3.45. The number of aryl methyl sites for hydroxylation is 2. The molecule has 0 saturated carbocycles. The van der Waals surface area contributed by atoms with Crippen LogP contribution in [0.25, 0.3) is 0 Å². The van der Waals surface area contributed by atoms with Gasteiger partial charge in [0.1, 0.15) is 0 Å². The molecule has 5 heteroatoms. The van der Waals surface area contributed by atoms with E-state index in [4.69, 9.17) is 5.73 Å². The zero-order valence-electron chi connectivity index (χ0n) is 11.2. The molecule has 0 aromatic heterocycles. The van der Waals surface area contributed by atoms with Crippen LogP contribution in [-0.2, 0) is 10.0 Å². The molecule has 1 aromatic carbocycles. The van der Waals surface area contributed by atoms with Crippen molar-refractivity contribution in [2.75, 3.05) is 6.54 Å². The molecule has 0 aliphatic rings. The Labute approximate surface area is 110 Å². The van der Waals surface area contributed by atoms with Gasteiger partial charge in [-0.15, -0.1) is 0 Å². The van der Waals surface area contributed by atoms with Crippen LogP contribution < -0.4 is 10.5 Å². The molecule has 0 spiro atoms. The Kier molecular flexibility index (Phi) is 5.31. The van der Waals surface area contributed by atoms with Crippen LogP contribution in [0.15, 0.2) is 23.1 Å². The first-order chi connectivity index (χ1) is 8.40. The first-order valence-corrected chi connectivity index (χ1v) is 7.68. The van der Waals surface area contributed by atoms with E-state index in [1.54, 1.807) is 6.07 Å². The van der Waals surface area contributed by atoms with E-state index in [-0.39, 0.29) is 6.04 Å². The van der Waals surface area contributed by atoms with Crippen molar-refractivity contribution in [1.29, 1.82) is 0 Å². The van der Waals surface area contributed by atoms with Crippen LogP contribution in [0.3, 0.4) is 0 Å². The van der Waals surface area contributed by atoms with Crippen molar-refractivity contribution >= 4 is 10.0 Å². The largest absolute Gasteiger partial charge is 0.330 e. The van der Waals surface area contributed by atoms with Crippen molar-refractivity contribution in [1.82, 2.24) is 4.72 Å². The summed E-state index contributed by atoms with van der Waals surface area (Å²) in [5.41, 5.74) is 7.30. The van der Waals surface area contributed by atoms with Crippen LogP contribution in [0.2, 0.25) is 0 Å². The van der Waals surface area contributed by atoms with Crippen LogP contribution in [0.5, 0.6) is 0 Å². The monoisotopic (exact) mass is 270 g/mol. The van der Waals surface area contributed by atoms with E-state index in [0.717, 1.165) is 17.5 Å². The molecule has 3 N–H and O–H groups in total. The predicted octanol–water partition coefficient (Wildman–Crippen LogP) is 1.71. The van der Waals surface area contributed by atoms with Crippen molar-refractivity contribution in [2.45, 2.75) is 44.6 Å². The molecule has 0 saturated heterocycles. The highest BCUT2D eigenvalue weighted by Gasteiger charge is 2.20. The van der Waals surface area contributed by atoms with Crippen molar-refractivity contribution < 1.29 is 8.42 Å². The fourth-order valence-corrected chi connectivity index (χ4v) is 3.51. The minimum atomic E-state index is -3.45. The maximum Gasteiger partial charge on any atom is 0.241 e. The van der Waals surface area contributed by atoms with Crippen LogP contribution >= 0.6 is 0 Å². The molecule has 0 aliphatic carbocycles. The van der Waals surface area contributed by atoms with Gasteiger partial charge in [-0.2, -0.15) is 0 Å². The van der Waals surface area contributed by atoms with Gasteiger partial charge in [-0.25, -0.2) is 13.1 Å². The Morgan fingerprint density at radius 1 is 1.33 bits per heavy atom. The molecule has 1 atom stereocenters. The number of hydrogen-bond donors (Lipinski definition) is 2. The highest BCUT2D eigenvalue weighted by atomic mass is 32.2. The Hall–Kier alpha value is -0.910. The smallest absolute Gasteiger partial charge is 0.241 e. The lowest BCUT2D eigenvalue weighted by Crippen LogP contribution is -2.36. The number of benzene rings is 1. The van der Waals surface area contributed by atoms with Gasteiger partial charge in [0.05, 0.1) is 4.90 Å². The highest BCUT2D eigenvalue weighted by Crippen LogP contribution is 2.17. The minimum absolute atomic E-state index is 0.0966. The van der Waals surface area contributed by atoms with Gasteiger partial charge in [-0.1, -0.05) is 24.6 Å². The van der Waals surface area contributed by atoms with Gasteiger partial charge in [-0.05, 0) is 44.9 Å². The van der Waals surface area contributed by atoms with E-state index in [0.29, 0.717) is 17.9 Å². The zero-order valence-corrected chi connectivity index (χ0v) is 12.0. The Balaban J connectivity index is 2.99. The van der Waals surface area contributed by atoms with E-state index in [1.807, 2.05) is 32.9 Å². The quantitative estimate of drug-likeness (QED) is 0.826. The first-order valence-electron chi connectivity index (χ1n) is 6.20. The summed E-state index contributed by atoms with van der Waals surface area (Å²) in [4.78, 5) is 0.351. The van der Waals surface area contributed by atoms with Crippen LogP contribution in [0.1, 0.15) is 30.9 Å². The Morgan fingerprint density at radius 2 is 2.00 bits per heavy atom. The summed E-state index contributed by atoms with van der Waals surface area (Å²) < 4.78 is 27.2. The second-order valence-corrected chi connectivity index (χ2v) is 6.26. The molecule has 4 nitrogen and oxygen atoms in total. The van der Waals surface area contributed by atoms with Crippen molar-refractivity contribution in [2.24, 2.45) is 5.73 Å². The summed E-state index contributed by atoms with van der Waals surface area (Å²) in [5.74, 6) is 0. The van der Waals surface area contributed by atoms with E-state index >= 15 is 0 Å². The number of rotatable bonds is 6. The molecule has 0 fully saturated rings. The lowest BCUT2D eigenvalue weighted by molar-refractivity contribution is 0.520. The second-order valence-electron chi connectivity index (χ2n) is 4.57. The predicted molar refractivity (Wildman–Crippen MR) is 74.0 cm³/mol. The standard InChI is InChI=1S/C13H22N2O2S/c1-4-12(7-8-14)15-18(16,17)13-6-5-10(2)9-11(13)3/h5-6,9,12,15H,4,7-8,14H2,1-3H3. The average Bonchev–Trinajstić information content (AvgIpc) is 2.27. The van der Waals surface area contributed by atoms with E-state index in [1.165, 1.54) is 0 Å². The molecule has 0 amide bonds. The average molecular weight is 270 g/mol. The summed E-state index contributed by atoms with van der Waals surface area (Å²) >= 11 is 0. The van der Waals surface area contributed by atoms with Crippen LogP contribution in [-0.4, -0.2) is 21.0 Å². The molecular formula is C13H22N2O2S. The number of nitrogens with two attached hydrogens (primary N) is 1. The van der Waals surface area contributed by atoms with Gasteiger partial charge in [0.25, 0.3) is 0 Å². The zero-order chi connectivity index (χ0) is 13.8. The topological polar surface area (TPSA) is 72.2 Å². The highest BCUT2D eigenvalue weighted by molar-refractivity contribution is 7.89. The third-order valence-corrected chi connectivity index (χ3v) is 4.63. The summed E-state index contributed by atoms with van der Waals surface area (Å²) in [6.45, 7) is 6.18. The molecule has 1 rings (SSSR count). The fourth-order valence-electron chi connectivity index (χ4n) is 1.93. The summed E-state index contributed by atoms with van der Waals surface area (Å²) in [6.07, 6.45) is 1.39. The van der Waals surface area contributed by atoms with Gasteiger partial charge in [-0.3, -0.25) is 0 Å². The minimum Gasteiger partial charge on any atom is -0.330 e. The molecule has 1 unspecified atom stereocenters. The molecule has 1 aromatic rings. The lowest BCUT2D eigenvalue weighted by atomic mass is 10.2. The molecule has 0 heterocycles. The molecule has 18 heavy (non-hydrogen) atoms. The van der Waals surface area contributed by atoms with E-state index in [2.05, 4.69) is 4.72 Å². The summed E-state index contributed by atoms with van der Waals surface area (Å²) in [6, 6.07) is 5.24. The molecular weight excluding hydrogens is 248 g/mol. The van der Waals surface area contributed by atoms with Crippen LogP contribution in [0.4, 0.5) is 0 Å². The van der Waals surface area contributed by atoms with Gasteiger partial charge in [0, 0.05) is 6.04 Å². The number of nitrogens with one attached hydrogen (secondary N) is 1. The third kappa shape index (κ3) is 3.80. The SMILES string of the molecule is CCC(CCN)NS(=O)(=O)c1ccc(C)cc1C. The lowest BCUT2D eigenvalue weighted by Gasteiger charge is -2.17. The van der Waals surface area contributed by atoms with Crippen molar-refractivity contribution in [3.63, 3.8) is 0 Å². The maximum atomic E-state index is 12.3. The van der Waals surface area contributed by atoms with Gasteiger partial charge in [0.2, 0.25) is 10.0 Å². The van der Waals surface area contributed by atoms with Crippen LogP contribution in [0, 0.1) is 13.8 Å².